The first-order chi connectivity index (χ1) is 9.05. The van der Waals surface area contributed by atoms with Crippen molar-refractivity contribution < 1.29 is 0 Å². The number of nitrogens with zero attached hydrogens (tertiary/aromatic N) is 1. The molecule has 1 heterocycles. The first-order valence-electron chi connectivity index (χ1n) is 7.90. The van der Waals surface area contributed by atoms with Crippen molar-refractivity contribution in [1.82, 2.24) is 0 Å². The van der Waals surface area contributed by atoms with Crippen molar-refractivity contribution in [3.05, 3.63) is 30.3 Å². The molecule has 0 radical (unpaired) electrons. The fourth-order valence-corrected chi connectivity index (χ4v) is 4.90. The summed E-state index contributed by atoms with van der Waals surface area (Å²) in [7, 11) is 0. The van der Waals surface area contributed by atoms with Gasteiger partial charge < -0.3 is 4.90 Å². The third kappa shape index (κ3) is 2.07. The zero-order valence-electron chi connectivity index (χ0n) is 12.7. The van der Waals surface area contributed by atoms with Crippen molar-refractivity contribution in [2.75, 3.05) is 4.90 Å². The van der Waals surface area contributed by atoms with Crippen LogP contribution in [0, 0.1) is 5.41 Å². The molecule has 19 heavy (non-hydrogen) atoms. The summed E-state index contributed by atoms with van der Waals surface area (Å²) >= 11 is 0. The summed E-state index contributed by atoms with van der Waals surface area (Å²) in [6, 6.07) is 11.7. The summed E-state index contributed by atoms with van der Waals surface area (Å²) in [6.07, 6.45) is 8.53. The molecule has 1 atom stereocenters. The molecule has 1 aromatic carbocycles. The van der Waals surface area contributed by atoms with E-state index in [-0.39, 0.29) is 5.54 Å². The van der Waals surface area contributed by atoms with Crippen LogP contribution in [-0.2, 0) is 0 Å². The van der Waals surface area contributed by atoms with Gasteiger partial charge in [0.05, 0.1) is 0 Å². The normalized spacial score (nSPS) is 28.8. The van der Waals surface area contributed by atoms with Crippen LogP contribution < -0.4 is 4.90 Å². The molecular formula is C18H27N. The molecule has 1 saturated heterocycles. The minimum absolute atomic E-state index is 0.290. The largest absolute Gasteiger partial charge is 0.363 e. The maximum absolute atomic E-state index is 2.69. The molecule has 1 aliphatic heterocycles. The van der Waals surface area contributed by atoms with Crippen LogP contribution in [0.15, 0.2) is 30.3 Å². The van der Waals surface area contributed by atoms with E-state index in [2.05, 4.69) is 56.0 Å². The van der Waals surface area contributed by atoms with Gasteiger partial charge in [-0.2, -0.15) is 0 Å². The van der Waals surface area contributed by atoms with Gasteiger partial charge in [0, 0.05) is 17.3 Å². The Morgan fingerprint density at radius 1 is 1.00 bits per heavy atom. The van der Waals surface area contributed by atoms with Crippen LogP contribution in [0.3, 0.4) is 0 Å². The van der Waals surface area contributed by atoms with Gasteiger partial charge in [0.15, 0.2) is 0 Å². The Morgan fingerprint density at radius 3 is 2.26 bits per heavy atom. The first kappa shape index (κ1) is 13.0. The van der Waals surface area contributed by atoms with Crippen LogP contribution >= 0.6 is 0 Å². The highest BCUT2D eigenvalue weighted by atomic mass is 15.3. The van der Waals surface area contributed by atoms with Gasteiger partial charge in [0.1, 0.15) is 0 Å². The van der Waals surface area contributed by atoms with Crippen LogP contribution in [0.1, 0.15) is 59.3 Å². The van der Waals surface area contributed by atoms with E-state index in [1.54, 1.807) is 0 Å². The van der Waals surface area contributed by atoms with Crippen molar-refractivity contribution in [3.8, 4) is 0 Å². The number of rotatable bonds is 1. The zero-order valence-corrected chi connectivity index (χ0v) is 12.7. The van der Waals surface area contributed by atoms with Crippen molar-refractivity contribution in [2.24, 2.45) is 5.41 Å². The predicted molar refractivity (Wildman–Crippen MR) is 82.6 cm³/mol. The number of anilines is 1. The Bertz CT molecular complexity index is 428. The number of hydrogen-bond donors (Lipinski definition) is 0. The highest BCUT2D eigenvalue weighted by molar-refractivity contribution is 5.52. The van der Waals surface area contributed by atoms with E-state index < -0.39 is 0 Å². The van der Waals surface area contributed by atoms with Crippen LogP contribution in [0.2, 0.25) is 0 Å². The van der Waals surface area contributed by atoms with Gasteiger partial charge in [0.25, 0.3) is 0 Å². The molecule has 3 rings (SSSR count). The van der Waals surface area contributed by atoms with Gasteiger partial charge in [-0.15, -0.1) is 0 Å². The molecule has 0 bridgehead atoms. The Balaban J connectivity index is 1.96. The minimum atomic E-state index is 0.290. The van der Waals surface area contributed by atoms with Crippen molar-refractivity contribution >= 4 is 5.69 Å². The van der Waals surface area contributed by atoms with Gasteiger partial charge >= 0.3 is 0 Å². The lowest BCUT2D eigenvalue weighted by molar-refractivity contribution is 0.170. The van der Waals surface area contributed by atoms with Crippen LogP contribution in [-0.4, -0.2) is 11.6 Å². The van der Waals surface area contributed by atoms with E-state index in [1.165, 1.54) is 44.2 Å². The standard InChI is InChI=1S/C18H27N/c1-15-18(12-8-5-9-13-18)14-17(2,3)19(15)16-10-6-4-7-11-16/h4,6-7,10-11,15H,5,8-9,12-14H2,1-3H3/t15-/m0/s1. The average Bonchev–Trinajstić information content (AvgIpc) is 2.58. The predicted octanol–water partition coefficient (Wildman–Crippen LogP) is 5.01. The SMILES string of the molecule is C[C@@H]1N(c2ccccc2)C(C)(C)CC12CCCCC2. The lowest BCUT2D eigenvalue weighted by Gasteiger charge is -2.40. The highest BCUT2D eigenvalue weighted by Gasteiger charge is 2.53. The van der Waals surface area contributed by atoms with Crippen LogP contribution in [0.5, 0.6) is 0 Å². The van der Waals surface area contributed by atoms with Crippen molar-refractivity contribution in [1.29, 1.82) is 0 Å². The average molecular weight is 257 g/mol. The molecular weight excluding hydrogens is 230 g/mol. The van der Waals surface area contributed by atoms with E-state index in [0.717, 1.165) is 0 Å². The summed E-state index contributed by atoms with van der Waals surface area (Å²) in [4.78, 5) is 2.69. The summed E-state index contributed by atoms with van der Waals surface area (Å²) in [6.45, 7) is 7.33. The molecule has 0 amide bonds. The fraction of sp³-hybridized carbons (Fsp3) is 0.667. The molecule has 0 unspecified atom stereocenters. The maximum Gasteiger partial charge on any atom is 0.0373 e. The molecule has 1 spiro atoms. The minimum Gasteiger partial charge on any atom is -0.363 e. The van der Waals surface area contributed by atoms with Crippen LogP contribution in [0.25, 0.3) is 0 Å². The van der Waals surface area contributed by atoms with E-state index in [0.29, 0.717) is 11.5 Å². The lowest BCUT2D eigenvalue weighted by Crippen LogP contribution is -2.44. The number of para-hydroxylation sites is 1. The highest BCUT2D eigenvalue weighted by Crippen LogP contribution is 2.55. The number of hydrogen-bond acceptors (Lipinski definition) is 1. The first-order valence-corrected chi connectivity index (χ1v) is 7.90. The summed E-state index contributed by atoms with van der Waals surface area (Å²) in [5, 5.41) is 0. The third-order valence-electron chi connectivity index (χ3n) is 5.59. The van der Waals surface area contributed by atoms with E-state index in [9.17, 15) is 0 Å². The molecule has 1 aromatic rings. The monoisotopic (exact) mass is 257 g/mol. The fourth-order valence-electron chi connectivity index (χ4n) is 4.90. The molecule has 1 nitrogen and oxygen atoms in total. The van der Waals surface area contributed by atoms with Crippen molar-refractivity contribution in [2.45, 2.75) is 70.9 Å². The third-order valence-corrected chi connectivity index (χ3v) is 5.59. The molecule has 104 valence electrons. The topological polar surface area (TPSA) is 3.24 Å². The Labute approximate surface area is 118 Å². The quantitative estimate of drug-likeness (QED) is 0.683. The second-order valence-corrected chi connectivity index (χ2v) is 7.29. The Hall–Kier alpha value is -0.980. The summed E-state index contributed by atoms with van der Waals surface area (Å²) in [5.41, 5.74) is 2.26. The molecule has 0 N–H and O–H groups in total. The Kier molecular flexibility index (Phi) is 3.11. The molecule has 1 heteroatoms. The van der Waals surface area contributed by atoms with Gasteiger partial charge in [-0.3, -0.25) is 0 Å². The molecule has 1 aliphatic carbocycles. The smallest absolute Gasteiger partial charge is 0.0373 e. The molecule has 1 saturated carbocycles. The summed E-state index contributed by atoms with van der Waals surface area (Å²) < 4.78 is 0. The molecule has 2 fully saturated rings. The van der Waals surface area contributed by atoms with Gasteiger partial charge in [-0.25, -0.2) is 0 Å². The second kappa shape index (κ2) is 4.54. The van der Waals surface area contributed by atoms with E-state index in [4.69, 9.17) is 0 Å². The van der Waals surface area contributed by atoms with Gasteiger partial charge in [-0.1, -0.05) is 37.5 Å². The van der Waals surface area contributed by atoms with Gasteiger partial charge in [-0.05, 0) is 57.6 Å². The van der Waals surface area contributed by atoms with Crippen molar-refractivity contribution in [3.63, 3.8) is 0 Å². The zero-order chi connectivity index (χ0) is 13.5. The molecule has 0 aromatic heterocycles. The van der Waals surface area contributed by atoms with Crippen LogP contribution in [0.4, 0.5) is 5.69 Å². The second-order valence-electron chi connectivity index (χ2n) is 7.29. The van der Waals surface area contributed by atoms with E-state index >= 15 is 0 Å². The van der Waals surface area contributed by atoms with Gasteiger partial charge in [0.2, 0.25) is 0 Å². The number of benzene rings is 1. The summed E-state index contributed by atoms with van der Waals surface area (Å²) in [5.74, 6) is 0. The Morgan fingerprint density at radius 2 is 1.63 bits per heavy atom. The lowest BCUT2D eigenvalue weighted by atomic mass is 9.68. The maximum atomic E-state index is 2.69. The van der Waals surface area contributed by atoms with E-state index in [1.807, 2.05) is 0 Å². The molecule has 2 aliphatic rings.